The molecule has 0 aliphatic carbocycles. The van der Waals surface area contributed by atoms with Crippen molar-refractivity contribution in [1.29, 1.82) is 5.26 Å². The Bertz CT molecular complexity index is 803. The standard InChI is InChI=1S/C18H13N3/c1-13-15(18-9-10-20-12-21-18)7-8-16(17(13)11-19)14-5-3-2-4-6-14/h2-10,12H,1H3. The van der Waals surface area contributed by atoms with Crippen LogP contribution in [0.3, 0.4) is 0 Å². The molecule has 0 aliphatic rings. The van der Waals surface area contributed by atoms with Gasteiger partial charge in [-0.25, -0.2) is 9.97 Å². The van der Waals surface area contributed by atoms with Crippen LogP contribution < -0.4 is 0 Å². The summed E-state index contributed by atoms with van der Waals surface area (Å²) in [5, 5.41) is 9.55. The van der Waals surface area contributed by atoms with Crippen LogP contribution in [-0.4, -0.2) is 9.97 Å². The van der Waals surface area contributed by atoms with E-state index >= 15 is 0 Å². The van der Waals surface area contributed by atoms with Crippen LogP contribution >= 0.6 is 0 Å². The van der Waals surface area contributed by atoms with Crippen LogP contribution in [0.1, 0.15) is 11.1 Å². The molecule has 0 bridgehead atoms. The molecule has 3 aromatic rings. The van der Waals surface area contributed by atoms with Gasteiger partial charge in [-0.2, -0.15) is 5.26 Å². The minimum atomic E-state index is 0.692. The predicted molar refractivity (Wildman–Crippen MR) is 82.4 cm³/mol. The average Bonchev–Trinajstić information content (AvgIpc) is 2.56. The fraction of sp³-hybridized carbons (Fsp3) is 0.0556. The third-order valence-electron chi connectivity index (χ3n) is 3.52. The van der Waals surface area contributed by atoms with Crippen molar-refractivity contribution in [3.8, 4) is 28.5 Å². The third kappa shape index (κ3) is 2.39. The summed E-state index contributed by atoms with van der Waals surface area (Å²) in [4.78, 5) is 8.20. The smallest absolute Gasteiger partial charge is 0.116 e. The van der Waals surface area contributed by atoms with E-state index < -0.39 is 0 Å². The van der Waals surface area contributed by atoms with Gasteiger partial charge in [0.15, 0.2) is 0 Å². The number of aromatic nitrogens is 2. The molecule has 0 saturated heterocycles. The summed E-state index contributed by atoms with van der Waals surface area (Å²) in [5.41, 5.74) is 5.43. The van der Waals surface area contributed by atoms with Gasteiger partial charge in [-0.05, 0) is 29.7 Å². The number of hydrogen-bond acceptors (Lipinski definition) is 3. The molecule has 3 nitrogen and oxygen atoms in total. The van der Waals surface area contributed by atoms with Crippen molar-refractivity contribution < 1.29 is 0 Å². The first-order chi connectivity index (χ1) is 10.3. The first kappa shape index (κ1) is 13.0. The number of nitriles is 1. The Kier molecular flexibility index (Phi) is 3.44. The third-order valence-corrected chi connectivity index (χ3v) is 3.52. The highest BCUT2D eigenvalue weighted by atomic mass is 14.8. The first-order valence-corrected chi connectivity index (χ1v) is 6.67. The van der Waals surface area contributed by atoms with E-state index in [1.54, 1.807) is 6.20 Å². The molecule has 0 atom stereocenters. The van der Waals surface area contributed by atoms with Crippen molar-refractivity contribution in [2.45, 2.75) is 6.92 Å². The van der Waals surface area contributed by atoms with Crippen LogP contribution in [0.4, 0.5) is 0 Å². The van der Waals surface area contributed by atoms with Crippen molar-refractivity contribution in [1.82, 2.24) is 9.97 Å². The maximum atomic E-state index is 9.55. The summed E-state index contributed by atoms with van der Waals surface area (Å²) in [6.45, 7) is 1.96. The van der Waals surface area contributed by atoms with Gasteiger partial charge in [-0.3, -0.25) is 0 Å². The molecule has 100 valence electrons. The highest BCUT2D eigenvalue weighted by Gasteiger charge is 2.12. The quantitative estimate of drug-likeness (QED) is 0.708. The molecule has 0 spiro atoms. The van der Waals surface area contributed by atoms with Crippen LogP contribution in [0.5, 0.6) is 0 Å². The molecule has 21 heavy (non-hydrogen) atoms. The van der Waals surface area contributed by atoms with Gasteiger partial charge in [-0.1, -0.05) is 42.5 Å². The van der Waals surface area contributed by atoms with Gasteiger partial charge >= 0.3 is 0 Å². The van der Waals surface area contributed by atoms with E-state index in [0.29, 0.717) is 5.56 Å². The Labute approximate surface area is 123 Å². The SMILES string of the molecule is Cc1c(-c2ccncn2)ccc(-c2ccccc2)c1C#N. The molecular formula is C18H13N3. The lowest BCUT2D eigenvalue weighted by Crippen LogP contribution is -1.94. The second kappa shape index (κ2) is 5.56. The summed E-state index contributed by atoms with van der Waals surface area (Å²) in [6.07, 6.45) is 3.23. The number of hydrogen-bond donors (Lipinski definition) is 0. The van der Waals surface area contributed by atoms with Gasteiger partial charge in [-0.15, -0.1) is 0 Å². The maximum Gasteiger partial charge on any atom is 0.116 e. The predicted octanol–water partition coefficient (Wildman–Crippen LogP) is 3.99. The van der Waals surface area contributed by atoms with Crippen molar-refractivity contribution >= 4 is 0 Å². The van der Waals surface area contributed by atoms with Crippen LogP contribution in [0.25, 0.3) is 22.4 Å². The van der Waals surface area contributed by atoms with Gasteiger partial charge < -0.3 is 0 Å². The molecule has 2 aromatic carbocycles. The lowest BCUT2D eigenvalue weighted by molar-refractivity contribution is 1.17. The molecule has 0 saturated carbocycles. The molecule has 0 unspecified atom stereocenters. The Morgan fingerprint density at radius 1 is 0.952 bits per heavy atom. The maximum absolute atomic E-state index is 9.55. The normalized spacial score (nSPS) is 10.1. The molecule has 3 heteroatoms. The number of benzene rings is 2. The van der Waals surface area contributed by atoms with Gasteiger partial charge in [0.2, 0.25) is 0 Å². The molecule has 0 N–H and O–H groups in total. The van der Waals surface area contributed by atoms with E-state index in [2.05, 4.69) is 16.0 Å². The first-order valence-electron chi connectivity index (χ1n) is 6.67. The fourth-order valence-electron chi connectivity index (χ4n) is 2.44. The van der Waals surface area contributed by atoms with Crippen LogP contribution in [0.15, 0.2) is 61.1 Å². The molecule has 3 rings (SSSR count). The largest absolute Gasteiger partial charge is 0.245 e. The Hall–Kier alpha value is -2.99. The molecule has 0 radical (unpaired) electrons. The molecule has 0 amide bonds. The fourth-order valence-corrected chi connectivity index (χ4v) is 2.44. The second-order valence-electron chi connectivity index (χ2n) is 4.73. The van der Waals surface area contributed by atoms with Crippen molar-refractivity contribution in [2.24, 2.45) is 0 Å². The van der Waals surface area contributed by atoms with Crippen LogP contribution in [0.2, 0.25) is 0 Å². The lowest BCUT2D eigenvalue weighted by Gasteiger charge is -2.11. The molecule has 0 fully saturated rings. The molecule has 1 aromatic heterocycles. The van der Waals surface area contributed by atoms with Gasteiger partial charge in [0.05, 0.1) is 11.3 Å². The Morgan fingerprint density at radius 2 is 1.71 bits per heavy atom. The second-order valence-corrected chi connectivity index (χ2v) is 4.73. The van der Waals surface area contributed by atoms with E-state index in [4.69, 9.17) is 0 Å². The van der Waals surface area contributed by atoms with E-state index in [-0.39, 0.29) is 0 Å². The zero-order valence-electron chi connectivity index (χ0n) is 11.6. The average molecular weight is 271 g/mol. The van der Waals surface area contributed by atoms with Crippen LogP contribution in [0, 0.1) is 18.3 Å². The molecule has 0 aliphatic heterocycles. The highest BCUT2D eigenvalue weighted by Crippen LogP contribution is 2.31. The minimum Gasteiger partial charge on any atom is -0.245 e. The summed E-state index contributed by atoms with van der Waals surface area (Å²) in [7, 11) is 0. The summed E-state index contributed by atoms with van der Waals surface area (Å²) in [6, 6.07) is 18.1. The Balaban J connectivity index is 2.20. The summed E-state index contributed by atoms with van der Waals surface area (Å²) >= 11 is 0. The van der Waals surface area contributed by atoms with E-state index in [1.807, 2.05) is 55.5 Å². The van der Waals surface area contributed by atoms with E-state index in [9.17, 15) is 5.26 Å². The van der Waals surface area contributed by atoms with E-state index in [0.717, 1.165) is 27.9 Å². The van der Waals surface area contributed by atoms with Crippen molar-refractivity contribution in [2.75, 3.05) is 0 Å². The van der Waals surface area contributed by atoms with E-state index in [1.165, 1.54) is 6.33 Å². The zero-order chi connectivity index (χ0) is 14.7. The minimum absolute atomic E-state index is 0.692. The Morgan fingerprint density at radius 3 is 2.38 bits per heavy atom. The molecular weight excluding hydrogens is 258 g/mol. The summed E-state index contributed by atoms with van der Waals surface area (Å²) < 4.78 is 0. The zero-order valence-corrected chi connectivity index (χ0v) is 11.6. The van der Waals surface area contributed by atoms with Crippen molar-refractivity contribution in [3.05, 3.63) is 72.2 Å². The topological polar surface area (TPSA) is 49.6 Å². The van der Waals surface area contributed by atoms with Crippen LogP contribution in [-0.2, 0) is 0 Å². The number of rotatable bonds is 2. The summed E-state index contributed by atoms with van der Waals surface area (Å²) in [5.74, 6) is 0. The monoisotopic (exact) mass is 271 g/mol. The van der Waals surface area contributed by atoms with Crippen molar-refractivity contribution in [3.63, 3.8) is 0 Å². The number of nitrogens with zero attached hydrogens (tertiary/aromatic N) is 3. The van der Waals surface area contributed by atoms with Gasteiger partial charge in [0.25, 0.3) is 0 Å². The lowest BCUT2D eigenvalue weighted by atomic mass is 9.92. The van der Waals surface area contributed by atoms with Gasteiger partial charge in [0.1, 0.15) is 12.4 Å². The highest BCUT2D eigenvalue weighted by molar-refractivity contribution is 5.78. The van der Waals surface area contributed by atoms with Gasteiger partial charge in [0, 0.05) is 11.8 Å². The molecule has 1 heterocycles.